The Bertz CT molecular complexity index is 1580. The van der Waals surface area contributed by atoms with Gasteiger partial charge in [-0.05, 0) is 135 Å². The fourth-order valence-electron chi connectivity index (χ4n) is 7.72. The molecule has 0 spiro atoms. The lowest BCUT2D eigenvalue weighted by Gasteiger charge is -2.18. The van der Waals surface area contributed by atoms with E-state index >= 15 is 0 Å². The predicted octanol–water partition coefficient (Wildman–Crippen LogP) is 20.2. The van der Waals surface area contributed by atoms with Gasteiger partial charge in [-0.2, -0.15) is 0 Å². The molecular weight excluding hydrogens is 901 g/mol. The maximum atomic E-state index is 12.9. The minimum Gasteiger partial charge on any atom is -0.462 e. The summed E-state index contributed by atoms with van der Waals surface area (Å²) in [6.07, 6.45) is 84.4. The average Bonchev–Trinajstić information content (AvgIpc) is 3.39. The normalized spacial score (nSPS) is 13.1. The lowest BCUT2D eigenvalue weighted by atomic mass is 10.1. The van der Waals surface area contributed by atoms with Gasteiger partial charge in [-0.1, -0.05) is 231 Å². The summed E-state index contributed by atoms with van der Waals surface area (Å²) >= 11 is 0. The first-order valence-electron chi connectivity index (χ1n) is 29.7. The van der Waals surface area contributed by atoms with Crippen molar-refractivity contribution in [3.05, 3.63) is 134 Å². The monoisotopic (exact) mass is 1010 g/mol. The summed E-state index contributed by atoms with van der Waals surface area (Å²) in [6.45, 7) is 6.33. The molecule has 73 heavy (non-hydrogen) atoms. The number of ether oxygens (including phenoxy) is 3. The highest BCUT2D eigenvalue weighted by atomic mass is 16.6. The Labute approximate surface area is 449 Å². The molecule has 1 unspecified atom stereocenters. The van der Waals surface area contributed by atoms with Crippen molar-refractivity contribution in [2.45, 2.75) is 258 Å². The van der Waals surface area contributed by atoms with Gasteiger partial charge in [0.2, 0.25) is 0 Å². The number of rotatable bonds is 52. The minimum atomic E-state index is -0.812. The zero-order chi connectivity index (χ0) is 52.9. The van der Waals surface area contributed by atoms with E-state index in [-0.39, 0.29) is 31.1 Å². The molecular formula is C67H108O6. The summed E-state index contributed by atoms with van der Waals surface area (Å²) < 4.78 is 16.8. The van der Waals surface area contributed by atoms with Crippen molar-refractivity contribution >= 4 is 17.9 Å². The Balaban J connectivity index is 4.51. The van der Waals surface area contributed by atoms with Crippen LogP contribution in [0.4, 0.5) is 0 Å². The van der Waals surface area contributed by atoms with Gasteiger partial charge in [-0.25, -0.2) is 0 Å². The topological polar surface area (TPSA) is 78.9 Å². The number of hydrogen-bond donors (Lipinski definition) is 0. The van der Waals surface area contributed by atoms with Gasteiger partial charge in [0.05, 0.1) is 0 Å². The molecule has 1 atom stereocenters. The second-order valence-electron chi connectivity index (χ2n) is 19.1. The molecule has 0 aliphatic heterocycles. The van der Waals surface area contributed by atoms with Crippen molar-refractivity contribution in [2.75, 3.05) is 13.2 Å². The first-order chi connectivity index (χ1) is 36.0. The second-order valence-corrected chi connectivity index (χ2v) is 19.1. The molecule has 0 amide bonds. The summed E-state index contributed by atoms with van der Waals surface area (Å²) in [4.78, 5) is 38.2. The number of esters is 3. The van der Waals surface area contributed by atoms with Crippen molar-refractivity contribution in [1.82, 2.24) is 0 Å². The molecule has 0 aromatic rings. The van der Waals surface area contributed by atoms with Gasteiger partial charge >= 0.3 is 17.9 Å². The van der Waals surface area contributed by atoms with Gasteiger partial charge in [0.25, 0.3) is 0 Å². The van der Waals surface area contributed by atoms with Gasteiger partial charge in [-0.3, -0.25) is 14.4 Å². The molecule has 0 saturated carbocycles. The molecule has 6 nitrogen and oxygen atoms in total. The van der Waals surface area contributed by atoms with E-state index in [0.29, 0.717) is 25.7 Å². The third kappa shape index (κ3) is 58.3. The maximum Gasteiger partial charge on any atom is 0.306 e. The Morgan fingerprint density at radius 2 is 0.534 bits per heavy atom. The van der Waals surface area contributed by atoms with E-state index in [0.717, 1.165) is 135 Å². The maximum absolute atomic E-state index is 12.9. The zero-order valence-electron chi connectivity index (χ0n) is 47.1. The van der Waals surface area contributed by atoms with Gasteiger partial charge in [-0.15, -0.1) is 0 Å². The highest BCUT2D eigenvalue weighted by Gasteiger charge is 2.19. The van der Waals surface area contributed by atoms with Gasteiger partial charge < -0.3 is 14.2 Å². The number of carbonyl (C=O) groups excluding carboxylic acids is 3. The van der Waals surface area contributed by atoms with E-state index in [4.69, 9.17) is 14.2 Å². The Morgan fingerprint density at radius 3 is 0.863 bits per heavy atom. The van der Waals surface area contributed by atoms with Crippen LogP contribution in [0.5, 0.6) is 0 Å². The first-order valence-corrected chi connectivity index (χ1v) is 29.7. The molecule has 0 bridgehead atoms. The third-order valence-corrected chi connectivity index (χ3v) is 12.1. The van der Waals surface area contributed by atoms with E-state index in [2.05, 4.69) is 154 Å². The van der Waals surface area contributed by atoms with Crippen LogP contribution in [0.25, 0.3) is 0 Å². The molecule has 0 aliphatic carbocycles. The molecule has 0 rings (SSSR count). The molecule has 412 valence electrons. The molecule has 0 heterocycles. The van der Waals surface area contributed by atoms with Gasteiger partial charge in [0.1, 0.15) is 13.2 Å². The van der Waals surface area contributed by atoms with Crippen LogP contribution < -0.4 is 0 Å². The zero-order valence-corrected chi connectivity index (χ0v) is 47.1. The molecule has 0 aromatic heterocycles. The fraction of sp³-hybridized carbons (Fsp3) is 0.627. The smallest absolute Gasteiger partial charge is 0.306 e. The summed E-state index contributed by atoms with van der Waals surface area (Å²) in [6, 6.07) is 0. The van der Waals surface area contributed by atoms with Crippen molar-refractivity contribution in [3.8, 4) is 0 Å². The van der Waals surface area contributed by atoms with Crippen LogP contribution in [-0.2, 0) is 28.6 Å². The van der Waals surface area contributed by atoms with Gasteiger partial charge in [0.15, 0.2) is 6.10 Å². The van der Waals surface area contributed by atoms with Crippen molar-refractivity contribution < 1.29 is 28.6 Å². The quantitative estimate of drug-likeness (QED) is 0.0261. The number of allylic oxidation sites excluding steroid dienone is 22. The largest absolute Gasteiger partial charge is 0.462 e. The van der Waals surface area contributed by atoms with E-state index in [9.17, 15) is 14.4 Å². The minimum absolute atomic E-state index is 0.107. The van der Waals surface area contributed by atoms with Crippen molar-refractivity contribution in [1.29, 1.82) is 0 Å². The SMILES string of the molecule is CC/C=C\C/C=C\C/C=C\C/C=C\C/C=C\C/C=C\CCCCC(=O)OCC(COC(=O)CCCCCCC/C=C\C/C=C\C/C=C\CC)OC(=O)CCCCCCCCCCC/C=C\C/C=C\CCCCC. The van der Waals surface area contributed by atoms with Crippen LogP contribution in [0.3, 0.4) is 0 Å². The van der Waals surface area contributed by atoms with Crippen LogP contribution in [0.15, 0.2) is 134 Å². The molecule has 0 fully saturated rings. The van der Waals surface area contributed by atoms with E-state index in [1.165, 1.54) is 70.6 Å². The summed E-state index contributed by atoms with van der Waals surface area (Å²) in [7, 11) is 0. The van der Waals surface area contributed by atoms with Crippen molar-refractivity contribution in [2.24, 2.45) is 0 Å². The number of carbonyl (C=O) groups is 3. The van der Waals surface area contributed by atoms with Crippen LogP contribution in [0.2, 0.25) is 0 Å². The molecule has 6 heteroatoms. The Morgan fingerprint density at radius 1 is 0.288 bits per heavy atom. The number of unbranched alkanes of at least 4 members (excludes halogenated alkanes) is 19. The van der Waals surface area contributed by atoms with Crippen LogP contribution in [0, 0.1) is 0 Å². The third-order valence-electron chi connectivity index (χ3n) is 12.1. The summed E-state index contributed by atoms with van der Waals surface area (Å²) in [5.74, 6) is -0.973. The van der Waals surface area contributed by atoms with Crippen LogP contribution in [0.1, 0.15) is 252 Å². The molecule has 0 saturated heterocycles. The van der Waals surface area contributed by atoms with E-state index in [1.807, 2.05) is 0 Å². The Hall–Kier alpha value is -4.45. The van der Waals surface area contributed by atoms with Crippen molar-refractivity contribution in [3.63, 3.8) is 0 Å². The highest BCUT2D eigenvalue weighted by Crippen LogP contribution is 2.14. The molecule has 0 N–H and O–H groups in total. The first kappa shape index (κ1) is 68.6. The fourth-order valence-corrected chi connectivity index (χ4v) is 7.72. The summed E-state index contributed by atoms with van der Waals surface area (Å²) in [5, 5.41) is 0. The lowest BCUT2D eigenvalue weighted by Crippen LogP contribution is -2.30. The Kier molecular flexibility index (Phi) is 56.4. The van der Waals surface area contributed by atoms with E-state index in [1.54, 1.807) is 0 Å². The second kappa shape index (κ2) is 60.1. The van der Waals surface area contributed by atoms with Crippen LogP contribution >= 0.6 is 0 Å². The molecule has 0 aliphatic rings. The van der Waals surface area contributed by atoms with Gasteiger partial charge in [0, 0.05) is 19.3 Å². The summed E-state index contributed by atoms with van der Waals surface area (Å²) in [5.41, 5.74) is 0. The predicted molar refractivity (Wildman–Crippen MR) is 316 cm³/mol. The lowest BCUT2D eigenvalue weighted by molar-refractivity contribution is -0.167. The highest BCUT2D eigenvalue weighted by molar-refractivity contribution is 5.71. The average molecular weight is 1010 g/mol. The number of hydrogen-bond acceptors (Lipinski definition) is 6. The van der Waals surface area contributed by atoms with E-state index < -0.39 is 6.10 Å². The molecule has 0 radical (unpaired) electrons. The standard InChI is InChI=1S/C67H108O6/c1-4-7-10-13-16-19-22-25-28-30-32-33-35-36-39-42-45-48-51-54-57-60-66(69)72-63-64(62-71-65(68)59-56-53-50-47-44-41-38-27-24-21-18-15-12-9-6-3)73-67(70)61-58-55-52-49-46-43-40-37-34-31-29-26-23-20-17-14-11-8-5-2/h7,9-10,12,16-21,25-29,32-33,36,38-39,45,48,64H,4-6,8,11,13-15,22-24,30-31,34-35,37,40-44,46-47,49-63H2,1-3H3/b10-7-,12-9-,19-16-,20-17-,21-18-,28-25-,29-26-,33-32-,38-27-,39-36-,48-45-. The molecule has 0 aromatic carbocycles. The van der Waals surface area contributed by atoms with Crippen LogP contribution in [-0.4, -0.2) is 37.2 Å².